The summed E-state index contributed by atoms with van der Waals surface area (Å²) in [6.45, 7) is 3.95. The Morgan fingerprint density at radius 2 is 1.82 bits per heavy atom. The van der Waals surface area contributed by atoms with Gasteiger partial charge >= 0.3 is 0 Å². The zero-order valence-electron chi connectivity index (χ0n) is 12.8. The summed E-state index contributed by atoms with van der Waals surface area (Å²) in [6, 6.07) is 12.4. The van der Waals surface area contributed by atoms with E-state index in [0.29, 0.717) is 13.0 Å². The SMILES string of the molecule is Cc1ccc(-c2ccc(C(=O)NCCC(C)O)c(F)c2)cc1. The molecule has 0 bridgehead atoms. The third-order valence-corrected chi connectivity index (χ3v) is 3.45. The highest BCUT2D eigenvalue weighted by Gasteiger charge is 2.12. The summed E-state index contributed by atoms with van der Waals surface area (Å²) in [7, 11) is 0. The molecule has 2 aromatic carbocycles. The predicted octanol–water partition coefficient (Wildman–Crippen LogP) is 3.30. The molecule has 2 rings (SSSR count). The number of hydrogen-bond donors (Lipinski definition) is 2. The normalized spacial score (nSPS) is 12.0. The maximum absolute atomic E-state index is 14.1. The van der Waals surface area contributed by atoms with Crippen LogP contribution in [-0.2, 0) is 0 Å². The fraction of sp³-hybridized carbons (Fsp3) is 0.278. The Kier molecular flexibility index (Phi) is 5.28. The fourth-order valence-electron chi connectivity index (χ4n) is 2.11. The maximum Gasteiger partial charge on any atom is 0.254 e. The number of nitrogens with one attached hydrogen (secondary N) is 1. The predicted molar refractivity (Wildman–Crippen MR) is 85.2 cm³/mol. The molecule has 0 saturated heterocycles. The first-order chi connectivity index (χ1) is 10.5. The second kappa shape index (κ2) is 7.18. The Morgan fingerprint density at radius 3 is 2.41 bits per heavy atom. The molecular formula is C18H20FNO2. The molecule has 0 spiro atoms. The molecule has 2 N–H and O–H groups in total. The molecule has 0 aliphatic heterocycles. The average Bonchev–Trinajstić information content (AvgIpc) is 2.47. The Hall–Kier alpha value is -2.20. The summed E-state index contributed by atoms with van der Waals surface area (Å²) in [6.07, 6.45) is -0.0523. The monoisotopic (exact) mass is 301 g/mol. The van der Waals surface area contributed by atoms with Gasteiger partial charge in [0.25, 0.3) is 5.91 Å². The van der Waals surface area contributed by atoms with E-state index in [1.165, 1.54) is 12.1 Å². The van der Waals surface area contributed by atoms with Crippen LogP contribution >= 0.6 is 0 Å². The zero-order valence-corrected chi connectivity index (χ0v) is 12.8. The molecule has 0 aromatic heterocycles. The van der Waals surface area contributed by atoms with Gasteiger partial charge in [-0.25, -0.2) is 4.39 Å². The molecule has 0 aliphatic rings. The maximum atomic E-state index is 14.1. The summed E-state index contributed by atoms with van der Waals surface area (Å²) >= 11 is 0. The molecule has 0 fully saturated rings. The lowest BCUT2D eigenvalue weighted by Gasteiger charge is -2.09. The van der Waals surface area contributed by atoms with E-state index < -0.39 is 17.8 Å². The fourth-order valence-corrected chi connectivity index (χ4v) is 2.11. The van der Waals surface area contributed by atoms with Crippen LogP contribution < -0.4 is 5.32 Å². The minimum absolute atomic E-state index is 0.0152. The summed E-state index contributed by atoms with van der Waals surface area (Å²) in [5.41, 5.74) is 2.79. The van der Waals surface area contributed by atoms with Gasteiger partial charge in [-0.05, 0) is 43.5 Å². The number of rotatable bonds is 5. The van der Waals surface area contributed by atoms with Crippen LogP contribution in [0, 0.1) is 12.7 Å². The molecule has 0 saturated carbocycles. The molecule has 0 heterocycles. The van der Waals surface area contributed by atoms with Gasteiger partial charge in [-0.1, -0.05) is 35.9 Å². The second-order valence-corrected chi connectivity index (χ2v) is 5.45. The molecule has 3 nitrogen and oxygen atoms in total. The van der Waals surface area contributed by atoms with Gasteiger partial charge in [0.15, 0.2) is 0 Å². The number of halogens is 1. The molecule has 1 atom stereocenters. The second-order valence-electron chi connectivity index (χ2n) is 5.45. The average molecular weight is 301 g/mol. The van der Waals surface area contributed by atoms with Gasteiger partial charge in [0.2, 0.25) is 0 Å². The number of aryl methyl sites for hydroxylation is 1. The van der Waals surface area contributed by atoms with Crippen molar-refractivity contribution in [2.24, 2.45) is 0 Å². The van der Waals surface area contributed by atoms with Crippen LogP contribution in [0.3, 0.4) is 0 Å². The lowest BCUT2D eigenvalue weighted by Crippen LogP contribution is -2.27. The largest absolute Gasteiger partial charge is 0.393 e. The van der Waals surface area contributed by atoms with E-state index in [2.05, 4.69) is 5.32 Å². The highest BCUT2D eigenvalue weighted by molar-refractivity contribution is 5.95. The summed E-state index contributed by atoms with van der Waals surface area (Å²) in [5, 5.41) is 11.7. The van der Waals surface area contributed by atoms with Gasteiger partial charge in [0.1, 0.15) is 5.82 Å². The van der Waals surface area contributed by atoms with Crippen molar-refractivity contribution < 1.29 is 14.3 Å². The Morgan fingerprint density at radius 1 is 1.18 bits per heavy atom. The number of carbonyl (C=O) groups is 1. The number of hydrogen-bond acceptors (Lipinski definition) is 2. The molecule has 1 unspecified atom stereocenters. The lowest BCUT2D eigenvalue weighted by atomic mass is 10.0. The van der Waals surface area contributed by atoms with Crippen LogP contribution in [0.1, 0.15) is 29.3 Å². The number of aliphatic hydroxyl groups is 1. The molecule has 0 radical (unpaired) electrons. The van der Waals surface area contributed by atoms with Crippen molar-refractivity contribution in [1.29, 1.82) is 0 Å². The smallest absolute Gasteiger partial charge is 0.254 e. The molecular weight excluding hydrogens is 281 g/mol. The van der Waals surface area contributed by atoms with Crippen molar-refractivity contribution in [2.45, 2.75) is 26.4 Å². The Bertz CT molecular complexity index is 651. The topological polar surface area (TPSA) is 49.3 Å². The van der Waals surface area contributed by atoms with Crippen LogP contribution in [0.5, 0.6) is 0 Å². The first-order valence-corrected chi connectivity index (χ1v) is 7.30. The minimum atomic E-state index is -0.548. The van der Waals surface area contributed by atoms with Crippen molar-refractivity contribution >= 4 is 5.91 Å². The summed E-state index contributed by atoms with van der Waals surface area (Å²) < 4.78 is 14.1. The lowest BCUT2D eigenvalue weighted by molar-refractivity contribution is 0.0941. The Balaban J connectivity index is 2.12. The zero-order chi connectivity index (χ0) is 16.1. The van der Waals surface area contributed by atoms with E-state index >= 15 is 0 Å². The first kappa shape index (κ1) is 16.2. The molecule has 4 heteroatoms. The summed E-state index contributed by atoms with van der Waals surface area (Å²) in [4.78, 5) is 11.9. The Labute approximate surface area is 129 Å². The molecule has 1 amide bonds. The van der Waals surface area contributed by atoms with E-state index in [1.807, 2.05) is 31.2 Å². The van der Waals surface area contributed by atoms with Crippen LogP contribution in [0.2, 0.25) is 0 Å². The van der Waals surface area contributed by atoms with Gasteiger partial charge in [0.05, 0.1) is 11.7 Å². The molecule has 22 heavy (non-hydrogen) atoms. The number of benzene rings is 2. The van der Waals surface area contributed by atoms with Gasteiger partial charge in [-0.2, -0.15) is 0 Å². The van der Waals surface area contributed by atoms with Crippen LogP contribution in [0.4, 0.5) is 4.39 Å². The number of amides is 1. The van der Waals surface area contributed by atoms with Crippen molar-refractivity contribution in [1.82, 2.24) is 5.32 Å². The number of aliphatic hydroxyl groups excluding tert-OH is 1. The van der Waals surface area contributed by atoms with Crippen molar-refractivity contribution in [3.8, 4) is 11.1 Å². The van der Waals surface area contributed by atoms with Gasteiger partial charge in [0, 0.05) is 6.54 Å². The van der Waals surface area contributed by atoms with E-state index in [9.17, 15) is 9.18 Å². The molecule has 0 aliphatic carbocycles. The third kappa shape index (κ3) is 4.15. The standard InChI is InChI=1S/C18H20FNO2/c1-12-3-5-14(6-4-12)15-7-8-16(17(19)11-15)18(22)20-10-9-13(2)21/h3-8,11,13,21H,9-10H2,1-2H3,(H,20,22). The van der Waals surface area contributed by atoms with Crippen LogP contribution in [0.15, 0.2) is 42.5 Å². The molecule has 2 aromatic rings. The highest BCUT2D eigenvalue weighted by Crippen LogP contribution is 2.22. The van der Waals surface area contributed by atoms with Crippen LogP contribution in [0.25, 0.3) is 11.1 Å². The van der Waals surface area contributed by atoms with Crippen molar-refractivity contribution in [3.05, 3.63) is 59.4 Å². The van der Waals surface area contributed by atoms with E-state index in [4.69, 9.17) is 5.11 Å². The van der Waals surface area contributed by atoms with Crippen molar-refractivity contribution in [3.63, 3.8) is 0 Å². The van der Waals surface area contributed by atoms with Gasteiger partial charge in [-0.3, -0.25) is 4.79 Å². The van der Waals surface area contributed by atoms with Gasteiger partial charge < -0.3 is 10.4 Å². The first-order valence-electron chi connectivity index (χ1n) is 7.30. The highest BCUT2D eigenvalue weighted by atomic mass is 19.1. The third-order valence-electron chi connectivity index (χ3n) is 3.45. The van der Waals surface area contributed by atoms with Crippen LogP contribution in [-0.4, -0.2) is 23.7 Å². The van der Waals surface area contributed by atoms with E-state index in [1.54, 1.807) is 13.0 Å². The summed E-state index contributed by atoms with van der Waals surface area (Å²) in [5.74, 6) is -1.01. The number of carbonyl (C=O) groups excluding carboxylic acids is 1. The van der Waals surface area contributed by atoms with Crippen molar-refractivity contribution in [2.75, 3.05) is 6.54 Å². The van der Waals surface area contributed by atoms with E-state index in [0.717, 1.165) is 16.7 Å². The minimum Gasteiger partial charge on any atom is -0.393 e. The van der Waals surface area contributed by atoms with Gasteiger partial charge in [-0.15, -0.1) is 0 Å². The quantitative estimate of drug-likeness (QED) is 0.890. The van der Waals surface area contributed by atoms with E-state index in [-0.39, 0.29) is 5.56 Å². The molecule has 116 valence electrons.